The third-order valence-corrected chi connectivity index (χ3v) is 4.88. The molecule has 2 heterocycles. The van der Waals surface area contributed by atoms with E-state index in [4.69, 9.17) is 9.47 Å². The summed E-state index contributed by atoms with van der Waals surface area (Å²) in [5.74, 6) is -0.694. The molecule has 150 valence electrons. The number of carbonyl (C=O) groups is 2. The van der Waals surface area contributed by atoms with Crippen LogP contribution in [0.25, 0.3) is 0 Å². The van der Waals surface area contributed by atoms with E-state index in [1.54, 1.807) is 18.2 Å². The van der Waals surface area contributed by atoms with Gasteiger partial charge in [-0.2, -0.15) is 0 Å². The topological polar surface area (TPSA) is 71.6 Å². The number of aromatic amines is 1. The third-order valence-electron chi connectivity index (χ3n) is 4.88. The third kappa shape index (κ3) is 5.09. The molecule has 0 radical (unpaired) electrons. The lowest BCUT2D eigenvalue weighted by atomic mass is 10.1. The van der Waals surface area contributed by atoms with Crippen molar-refractivity contribution in [3.05, 3.63) is 58.4 Å². The highest BCUT2D eigenvalue weighted by atomic mass is 16.5. The molecule has 1 fully saturated rings. The van der Waals surface area contributed by atoms with Crippen LogP contribution in [0.15, 0.2) is 30.3 Å². The molecule has 3 rings (SSSR count). The summed E-state index contributed by atoms with van der Waals surface area (Å²) >= 11 is 0. The molecule has 2 unspecified atom stereocenters. The van der Waals surface area contributed by atoms with Gasteiger partial charge in [0.1, 0.15) is 0 Å². The van der Waals surface area contributed by atoms with Crippen molar-refractivity contribution in [2.24, 2.45) is 0 Å². The first-order chi connectivity index (χ1) is 13.3. The lowest BCUT2D eigenvalue weighted by Crippen LogP contribution is -2.44. The number of Topliss-reactive ketones (excluding diaryl/α,β-unsaturated/α-hetero) is 1. The van der Waals surface area contributed by atoms with Crippen LogP contribution in [0.4, 0.5) is 0 Å². The Bertz CT molecular complexity index is 831. The number of nitrogens with one attached hydrogen (secondary N) is 1. The fourth-order valence-corrected chi connectivity index (χ4v) is 3.72. The van der Waals surface area contributed by atoms with Crippen LogP contribution in [0.1, 0.15) is 51.5 Å². The van der Waals surface area contributed by atoms with Crippen molar-refractivity contribution in [2.75, 3.05) is 19.7 Å². The van der Waals surface area contributed by atoms with Crippen molar-refractivity contribution in [3.63, 3.8) is 0 Å². The van der Waals surface area contributed by atoms with Crippen LogP contribution in [0.3, 0.4) is 0 Å². The molecule has 0 saturated carbocycles. The van der Waals surface area contributed by atoms with Gasteiger partial charge < -0.3 is 14.5 Å². The molecule has 2 atom stereocenters. The van der Waals surface area contributed by atoms with Crippen LogP contribution >= 0.6 is 0 Å². The summed E-state index contributed by atoms with van der Waals surface area (Å²) in [5.41, 5.74) is 3.84. The molecule has 1 aromatic heterocycles. The molecule has 6 nitrogen and oxygen atoms in total. The van der Waals surface area contributed by atoms with Gasteiger partial charge in [0.15, 0.2) is 6.61 Å². The molecule has 28 heavy (non-hydrogen) atoms. The van der Waals surface area contributed by atoms with Crippen LogP contribution in [-0.2, 0) is 16.0 Å². The zero-order chi connectivity index (χ0) is 20.3. The SMILES string of the molecule is Cc1cc(C(=O)COC(=O)c2ccc(CN3CC(C)OC(C)C3)cc2)c(C)[nH]1. The van der Waals surface area contributed by atoms with Gasteiger partial charge in [-0.25, -0.2) is 4.79 Å². The van der Waals surface area contributed by atoms with Gasteiger partial charge in [-0.3, -0.25) is 9.69 Å². The Labute approximate surface area is 165 Å². The van der Waals surface area contributed by atoms with E-state index in [2.05, 4.69) is 23.7 Å². The number of benzene rings is 1. The minimum absolute atomic E-state index is 0.206. The van der Waals surface area contributed by atoms with Crippen molar-refractivity contribution >= 4 is 11.8 Å². The highest BCUT2D eigenvalue weighted by molar-refractivity contribution is 6.00. The molecule has 1 aliphatic heterocycles. The second-order valence-corrected chi connectivity index (χ2v) is 7.64. The summed E-state index contributed by atoms with van der Waals surface area (Å²) in [6.07, 6.45) is 0.450. The number of carbonyl (C=O) groups excluding carboxylic acids is 2. The number of rotatable bonds is 6. The Kier molecular flexibility index (Phi) is 6.31. The summed E-state index contributed by atoms with van der Waals surface area (Å²) in [7, 11) is 0. The number of ketones is 1. The molecular weight excluding hydrogens is 356 g/mol. The lowest BCUT2D eigenvalue weighted by molar-refractivity contribution is -0.0704. The van der Waals surface area contributed by atoms with Crippen LogP contribution in [0.2, 0.25) is 0 Å². The van der Waals surface area contributed by atoms with Gasteiger partial charge in [-0.1, -0.05) is 12.1 Å². The molecule has 2 aromatic rings. The number of aryl methyl sites for hydroxylation is 2. The summed E-state index contributed by atoms with van der Waals surface area (Å²) < 4.78 is 11.0. The molecule has 6 heteroatoms. The first-order valence-electron chi connectivity index (χ1n) is 9.65. The van der Waals surface area contributed by atoms with Gasteiger partial charge >= 0.3 is 5.97 Å². The van der Waals surface area contributed by atoms with Crippen LogP contribution in [0, 0.1) is 13.8 Å². The van der Waals surface area contributed by atoms with Gasteiger partial charge in [-0.05, 0) is 51.5 Å². The fourth-order valence-electron chi connectivity index (χ4n) is 3.72. The van der Waals surface area contributed by atoms with E-state index in [1.165, 1.54) is 0 Å². The van der Waals surface area contributed by atoms with Crippen LogP contribution in [-0.4, -0.2) is 53.5 Å². The highest BCUT2D eigenvalue weighted by Crippen LogP contribution is 2.15. The minimum atomic E-state index is -0.488. The largest absolute Gasteiger partial charge is 0.454 e. The molecule has 1 saturated heterocycles. The second kappa shape index (κ2) is 8.71. The molecule has 0 aliphatic carbocycles. The van der Waals surface area contributed by atoms with Crippen molar-refractivity contribution in [1.82, 2.24) is 9.88 Å². The summed E-state index contributed by atoms with van der Waals surface area (Å²) in [5, 5.41) is 0. The zero-order valence-electron chi connectivity index (χ0n) is 17.0. The molecule has 1 N–H and O–H groups in total. The smallest absolute Gasteiger partial charge is 0.338 e. The molecule has 0 amide bonds. The van der Waals surface area contributed by atoms with E-state index in [9.17, 15) is 9.59 Å². The summed E-state index contributed by atoms with van der Waals surface area (Å²) in [4.78, 5) is 29.9. The van der Waals surface area contributed by atoms with E-state index in [0.717, 1.165) is 36.6 Å². The Morgan fingerprint density at radius 3 is 2.36 bits per heavy atom. The Hall–Kier alpha value is -2.44. The fraction of sp³-hybridized carbons (Fsp3) is 0.455. The van der Waals surface area contributed by atoms with E-state index in [0.29, 0.717) is 11.1 Å². The zero-order valence-corrected chi connectivity index (χ0v) is 17.0. The van der Waals surface area contributed by atoms with Crippen LogP contribution < -0.4 is 0 Å². The number of hydrogen-bond acceptors (Lipinski definition) is 5. The minimum Gasteiger partial charge on any atom is -0.454 e. The highest BCUT2D eigenvalue weighted by Gasteiger charge is 2.22. The summed E-state index contributed by atoms with van der Waals surface area (Å²) in [6, 6.07) is 9.14. The lowest BCUT2D eigenvalue weighted by Gasteiger charge is -2.35. The van der Waals surface area contributed by atoms with Crippen molar-refractivity contribution in [2.45, 2.75) is 46.4 Å². The monoisotopic (exact) mass is 384 g/mol. The van der Waals surface area contributed by atoms with Crippen molar-refractivity contribution in [3.8, 4) is 0 Å². The number of esters is 1. The van der Waals surface area contributed by atoms with Gasteiger partial charge in [0, 0.05) is 36.6 Å². The van der Waals surface area contributed by atoms with Gasteiger partial charge in [0.25, 0.3) is 0 Å². The van der Waals surface area contributed by atoms with Gasteiger partial charge in [-0.15, -0.1) is 0 Å². The Morgan fingerprint density at radius 2 is 1.79 bits per heavy atom. The van der Waals surface area contributed by atoms with Crippen LogP contribution in [0.5, 0.6) is 0 Å². The summed E-state index contributed by atoms with van der Waals surface area (Å²) in [6.45, 7) is 10.2. The van der Waals surface area contributed by atoms with Gasteiger partial charge in [0.2, 0.25) is 5.78 Å². The molecule has 1 aromatic carbocycles. The average Bonchev–Trinajstić information content (AvgIpc) is 2.97. The van der Waals surface area contributed by atoms with Crippen molar-refractivity contribution < 1.29 is 19.1 Å². The van der Waals surface area contributed by atoms with Gasteiger partial charge in [0.05, 0.1) is 17.8 Å². The standard InChI is InChI=1S/C22H28N2O4/c1-14-9-20(17(4)23-14)21(25)13-27-22(26)19-7-5-18(6-8-19)12-24-10-15(2)28-16(3)11-24/h5-9,15-16,23H,10-13H2,1-4H3. The maximum Gasteiger partial charge on any atom is 0.338 e. The maximum atomic E-state index is 12.2. The van der Waals surface area contributed by atoms with E-state index in [-0.39, 0.29) is 24.6 Å². The maximum absolute atomic E-state index is 12.2. The number of nitrogens with zero attached hydrogens (tertiary/aromatic N) is 1. The predicted octanol–water partition coefficient (Wildman–Crippen LogP) is 3.28. The van der Waals surface area contributed by atoms with E-state index in [1.807, 2.05) is 26.0 Å². The average molecular weight is 384 g/mol. The first-order valence-corrected chi connectivity index (χ1v) is 9.65. The number of morpholine rings is 1. The number of ether oxygens (including phenoxy) is 2. The molecule has 1 aliphatic rings. The Morgan fingerprint density at radius 1 is 1.14 bits per heavy atom. The van der Waals surface area contributed by atoms with E-state index >= 15 is 0 Å². The quantitative estimate of drug-likeness (QED) is 0.611. The van der Waals surface area contributed by atoms with Crippen molar-refractivity contribution in [1.29, 1.82) is 0 Å². The first kappa shape index (κ1) is 20.3. The Balaban J connectivity index is 1.53. The molecular formula is C22H28N2O4. The molecule has 0 spiro atoms. The normalized spacial score (nSPS) is 20.1. The van der Waals surface area contributed by atoms with E-state index < -0.39 is 5.97 Å². The predicted molar refractivity (Wildman–Crippen MR) is 107 cm³/mol. The number of hydrogen-bond donors (Lipinski definition) is 1. The second-order valence-electron chi connectivity index (χ2n) is 7.64. The molecule has 0 bridgehead atoms. The number of H-pyrrole nitrogens is 1. The number of aromatic nitrogens is 1.